The van der Waals surface area contributed by atoms with Crippen molar-refractivity contribution in [3.05, 3.63) is 29.3 Å². The van der Waals surface area contributed by atoms with Gasteiger partial charge >= 0.3 is 0 Å². The molecule has 6 nitrogen and oxygen atoms in total. The molecule has 22 heavy (non-hydrogen) atoms. The summed E-state index contributed by atoms with van der Waals surface area (Å²) >= 11 is 0. The number of rotatable bonds is 4. The average Bonchev–Trinajstić information content (AvgIpc) is 2.90. The highest BCUT2D eigenvalue weighted by molar-refractivity contribution is 6.02. The van der Waals surface area contributed by atoms with Gasteiger partial charge in [0.25, 0.3) is 5.91 Å². The van der Waals surface area contributed by atoms with E-state index in [1.54, 1.807) is 17.9 Å². The van der Waals surface area contributed by atoms with Gasteiger partial charge in [-0.15, -0.1) is 0 Å². The molecule has 1 aromatic rings. The molecule has 5 N–H and O–H groups in total. The van der Waals surface area contributed by atoms with E-state index in [4.69, 9.17) is 11.5 Å². The van der Waals surface area contributed by atoms with Gasteiger partial charge in [-0.2, -0.15) is 0 Å². The van der Waals surface area contributed by atoms with Crippen LogP contribution >= 0.6 is 0 Å². The van der Waals surface area contributed by atoms with E-state index in [0.717, 1.165) is 11.1 Å². The molecule has 0 aromatic heterocycles. The van der Waals surface area contributed by atoms with Crippen molar-refractivity contribution < 1.29 is 9.59 Å². The molecule has 1 aromatic carbocycles. The predicted molar refractivity (Wildman–Crippen MR) is 88.4 cm³/mol. The van der Waals surface area contributed by atoms with Gasteiger partial charge in [0.2, 0.25) is 5.91 Å². The summed E-state index contributed by atoms with van der Waals surface area (Å²) in [5, 5.41) is 3.23. The molecule has 118 valence electrons. The van der Waals surface area contributed by atoms with Crippen LogP contribution in [0, 0.1) is 0 Å². The van der Waals surface area contributed by atoms with Crippen LogP contribution in [0.2, 0.25) is 0 Å². The standard InChI is InChI=1S/C16H22N4O2/c1-9(2)19-14-7-12(6-13(15(14)17)16(18)22)11-4-5-20(8-11)10(3)21/h4,6-7,9,19H,5,8,17H2,1-3H3,(H2,18,22). The zero-order chi connectivity index (χ0) is 16.4. The van der Waals surface area contributed by atoms with Crippen LogP contribution in [-0.4, -0.2) is 35.8 Å². The maximum absolute atomic E-state index is 11.6. The van der Waals surface area contributed by atoms with Gasteiger partial charge in [-0.1, -0.05) is 6.08 Å². The second-order valence-corrected chi connectivity index (χ2v) is 5.78. The number of carbonyl (C=O) groups is 2. The summed E-state index contributed by atoms with van der Waals surface area (Å²) in [6, 6.07) is 3.76. The number of nitrogens with two attached hydrogens (primary N) is 2. The maximum atomic E-state index is 11.6. The van der Waals surface area contributed by atoms with E-state index >= 15 is 0 Å². The highest BCUT2D eigenvalue weighted by atomic mass is 16.2. The van der Waals surface area contributed by atoms with E-state index in [1.807, 2.05) is 26.0 Å². The molecule has 0 aliphatic carbocycles. The Bertz CT molecular complexity index is 650. The zero-order valence-corrected chi connectivity index (χ0v) is 13.1. The van der Waals surface area contributed by atoms with Crippen LogP contribution in [0.1, 0.15) is 36.7 Å². The number of carbonyl (C=O) groups excluding carboxylic acids is 2. The molecule has 0 radical (unpaired) electrons. The molecule has 1 aliphatic rings. The molecule has 6 heteroatoms. The molecular weight excluding hydrogens is 280 g/mol. The zero-order valence-electron chi connectivity index (χ0n) is 13.1. The van der Waals surface area contributed by atoms with E-state index < -0.39 is 5.91 Å². The molecule has 0 atom stereocenters. The Labute approximate surface area is 130 Å². The fourth-order valence-electron chi connectivity index (χ4n) is 2.48. The van der Waals surface area contributed by atoms with Crippen LogP contribution in [0.15, 0.2) is 18.2 Å². The van der Waals surface area contributed by atoms with Crippen molar-refractivity contribution >= 4 is 28.8 Å². The van der Waals surface area contributed by atoms with Crippen molar-refractivity contribution in [2.75, 3.05) is 24.1 Å². The largest absolute Gasteiger partial charge is 0.396 e. The molecule has 0 unspecified atom stereocenters. The Morgan fingerprint density at radius 2 is 2.00 bits per heavy atom. The molecule has 2 rings (SSSR count). The summed E-state index contributed by atoms with van der Waals surface area (Å²) in [6.45, 7) is 6.62. The lowest BCUT2D eigenvalue weighted by atomic mass is 10.00. The van der Waals surface area contributed by atoms with Crippen molar-refractivity contribution in [3.8, 4) is 0 Å². The van der Waals surface area contributed by atoms with Gasteiger partial charge in [0, 0.05) is 26.1 Å². The summed E-state index contributed by atoms with van der Waals surface area (Å²) in [4.78, 5) is 24.8. The Kier molecular flexibility index (Phi) is 4.40. The second kappa shape index (κ2) is 6.09. The van der Waals surface area contributed by atoms with Gasteiger partial charge in [-0.25, -0.2) is 0 Å². The van der Waals surface area contributed by atoms with Gasteiger partial charge in [0.1, 0.15) is 0 Å². The topological polar surface area (TPSA) is 101 Å². The Balaban J connectivity index is 2.42. The Hall–Kier alpha value is -2.50. The van der Waals surface area contributed by atoms with Crippen LogP contribution in [0.25, 0.3) is 5.57 Å². The van der Waals surface area contributed by atoms with E-state index in [1.165, 1.54) is 0 Å². The molecule has 0 saturated heterocycles. The number of hydrogen-bond donors (Lipinski definition) is 3. The minimum Gasteiger partial charge on any atom is -0.396 e. The van der Waals surface area contributed by atoms with Crippen molar-refractivity contribution in [3.63, 3.8) is 0 Å². The third kappa shape index (κ3) is 3.21. The highest BCUT2D eigenvalue weighted by Crippen LogP contribution is 2.31. The molecule has 1 heterocycles. The summed E-state index contributed by atoms with van der Waals surface area (Å²) in [7, 11) is 0. The SMILES string of the molecule is CC(=O)N1CC=C(c2cc(NC(C)C)c(N)c(C(N)=O)c2)C1. The van der Waals surface area contributed by atoms with Gasteiger partial charge in [0.05, 0.1) is 16.9 Å². The molecule has 2 amide bonds. The average molecular weight is 302 g/mol. The first-order chi connectivity index (χ1) is 10.3. The summed E-state index contributed by atoms with van der Waals surface area (Å²) < 4.78 is 0. The Morgan fingerprint density at radius 1 is 1.32 bits per heavy atom. The fourth-order valence-corrected chi connectivity index (χ4v) is 2.48. The van der Waals surface area contributed by atoms with Crippen molar-refractivity contribution in [2.45, 2.75) is 26.8 Å². The summed E-state index contributed by atoms with van der Waals surface area (Å²) in [5.41, 5.74) is 14.6. The lowest BCUT2D eigenvalue weighted by Gasteiger charge is -2.18. The quantitative estimate of drug-likeness (QED) is 0.732. The van der Waals surface area contributed by atoms with E-state index in [9.17, 15) is 9.59 Å². The number of primary amides is 1. The number of nitrogen functional groups attached to an aromatic ring is 1. The van der Waals surface area contributed by atoms with Crippen molar-refractivity contribution in [1.82, 2.24) is 4.90 Å². The maximum Gasteiger partial charge on any atom is 0.250 e. The third-order valence-electron chi connectivity index (χ3n) is 3.63. The van der Waals surface area contributed by atoms with Gasteiger partial charge in [-0.05, 0) is 37.1 Å². The lowest BCUT2D eigenvalue weighted by molar-refractivity contribution is -0.127. The molecule has 1 aliphatic heterocycles. The van der Waals surface area contributed by atoms with Gasteiger partial charge < -0.3 is 21.7 Å². The number of amides is 2. The first-order valence-corrected chi connectivity index (χ1v) is 7.24. The van der Waals surface area contributed by atoms with Crippen molar-refractivity contribution in [2.24, 2.45) is 5.73 Å². The van der Waals surface area contributed by atoms with E-state index in [0.29, 0.717) is 30.0 Å². The fraction of sp³-hybridized carbons (Fsp3) is 0.375. The molecule has 0 saturated carbocycles. The van der Waals surface area contributed by atoms with Crippen LogP contribution < -0.4 is 16.8 Å². The minimum absolute atomic E-state index is 0.0253. The van der Waals surface area contributed by atoms with Gasteiger partial charge in [0.15, 0.2) is 0 Å². The number of hydrogen-bond acceptors (Lipinski definition) is 4. The highest BCUT2D eigenvalue weighted by Gasteiger charge is 2.20. The number of nitrogens with one attached hydrogen (secondary N) is 1. The third-order valence-corrected chi connectivity index (χ3v) is 3.63. The minimum atomic E-state index is -0.562. The molecular formula is C16H22N4O2. The number of nitrogens with zero attached hydrogens (tertiary/aromatic N) is 1. The predicted octanol–water partition coefficient (Wildman–Crippen LogP) is 1.43. The second-order valence-electron chi connectivity index (χ2n) is 5.78. The lowest BCUT2D eigenvalue weighted by Crippen LogP contribution is -2.26. The monoisotopic (exact) mass is 302 g/mol. The van der Waals surface area contributed by atoms with Crippen LogP contribution in [0.3, 0.4) is 0 Å². The van der Waals surface area contributed by atoms with Crippen LogP contribution in [0.5, 0.6) is 0 Å². The number of benzene rings is 1. The van der Waals surface area contributed by atoms with E-state index in [-0.39, 0.29) is 11.9 Å². The first-order valence-electron chi connectivity index (χ1n) is 7.24. The Morgan fingerprint density at radius 3 is 2.50 bits per heavy atom. The summed E-state index contributed by atoms with van der Waals surface area (Å²) in [6.07, 6.45) is 1.98. The van der Waals surface area contributed by atoms with Crippen LogP contribution in [0.4, 0.5) is 11.4 Å². The molecule has 0 spiro atoms. The first kappa shape index (κ1) is 15.9. The molecule has 0 bridgehead atoms. The number of anilines is 2. The van der Waals surface area contributed by atoms with E-state index in [2.05, 4.69) is 5.32 Å². The normalized spacial score (nSPS) is 14.2. The smallest absolute Gasteiger partial charge is 0.250 e. The van der Waals surface area contributed by atoms with Crippen molar-refractivity contribution in [1.29, 1.82) is 0 Å². The summed E-state index contributed by atoms with van der Waals surface area (Å²) in [5.74, 6) is -0.537. The molecule has 0 fully saturated rings. The van der Waals surface area contributed by atoms with Gasteiger partial charge in [-0.3, -0.25) is 9.59 Å². The van der Waals surface area contributed by atoms with Crippen LogP contribution in [-0.2, 0) is 4.79 Å².